The topological polar surface area (TPSA) is 99.9 Å². The second kappa shape index (κ2) is 11.0. The number of pyridine rings is 1. The number of hydrogen-bond donors (Lipinski definition) is 1. The number of fused-ring (bicyclic) bond motifs is 2. The number of aldehydes is 1. The van der Waals surface area contributed by atoms with E-state index >= 15 is 4.39 Å². The Hall–Kier alpha value is -3.30. The first-order chi connectivity index (χ1) is 17.5. The minimum absolute atomic E-state index is 0.276. The summed E-state index contributed by atoms with van der Waals surface area (Å²) in [4.78, 5) is 29.6. The maximum absolute atomic E-state index is 15.4. The molecule has 0 radical (unpaired) electrons. The summed E-state index contributed by atoms with van der Waals surface area (Å²) in [6.45, 7) is 9.71. The van der Waals surface area contributed by atoms with Gasteiger partial charge in [-0.25, -0.2) is 14.2 Å². The third kappa shape index (κ3) is 5.24. The normalized spacial score (nSPS) is 13.8. The molecule has 37 heavy (non-hydrogen) atoms. The van der Waals surface area contributed by atoms with E-state index in [1.165, 1.54) is 13.2 Å². The van der Waals surface area contributed by atoms with Gasteiger partial charge in [-0.3, -0.25) is 4.79 Å². The first-order valence-corrected chi connectivity index (χ1v) is 12.1. The van der Waals surface area contributed by atoms with Gasteiger partial charge in [0.25, 0.3) is 0 Å². The van der Waals surface area contributed by atoms with Gasteiger partial charge in [0.1, 0.15) is 5.65 Å². The summed E-state index contributed by atoms with van der Waals surface area (Å²) >= 11 is 0. The van der Waals surface area contributed by atoms with Crippen LogP contribution in [0.25, 0.3) is 22.2 Å². The van der Waals surface area contributed by atoms with E-state index in [4.69, 9.17) is 24.3 Å². The molecule has 2 aromatic heterocycles. The van der Waals surface area contributed by atoms with Gasteiger partial charge >= 0.3 is 5.97 Å². The molecular weight excluding hydrogens is 479 g/mol. The molecule has 0 bridgehead atoms. The smallest absolute Gasteiger partial charge is 0.339 e. The van der Waals surface area contributed by atoms with Crippen molar-refractivity contribution in [1.82, 2.24) is 9.55 Å². The van der Waals surface area contributed by atoms with Gasteiger partial charge in [-0.1, -0.05) is 0 Å². The highest BCUT2D eigenvalue weighted by molar-refractivity contribution is 6.01. The van der Waals surface area contributed by atoms with Gasteiger partial charge in [0.2, 0.25) is 0 Å². The zero-order valence-electron chi connectivity index (χ0n) is 22.7. The highest BCUT2D eigenvalue weighted by atomic mass is 19.1. The summed E-state index contributed by atoms with van der Waals surface area (Å²) in [5.74, 6) is -0.777. The summed E-state index contributed by atoms with van der Waals surface area (Å²) < 4.78 is 34.0. The number of nitrogens with zero attached hydrogens (tertiary/aromatic N) is 2. The molecule has 1 aliphatic heterocycles. The summed E-state index contributed by atoms with van der Waals surface area (Å²) in [6, 6.07) is 3.16. The molecular formula is C28H35FN2O6. The van der Waals surface area contributed by atoms with Crippen molar-refractivity contribution in [2.75, 3.05) is 20.8 Å². The molecule has 0 aliphatic carbocycles. The van der Waals surface area contributed by atoms with Crippen LogP contribution in [0.5, 0.6) is 5.75 Å². The Bertz CT molecular complexity index is 1340. The lowest BCUT2D eigenvalue weighted by molar-refractivity contribution is -0.164. The minimum Gasteiger partial charge on any atom is -0.490 e. The lowest BCUT2D eigenvalue weighted by Crippen LogP contribution is -2.29. The molecule has 0 saturated carbocycles. The van der Waals surface area contributed by atoms with Crippen LogP contribution in [0.1, 0.15) is 66.2 Å². The van der Waals surface area contributed by atoms with Gasteiger partial charge in [0, 0.05) is 41.9 Å². The quantitative estimate of drug-likeness (QED) is 0.387. The van der Waals surface area contributed by atoms with Crippen LogP contribution in [-0.2, 0) is 27.7 Å². The fourth-order valence-electron chi connectivity index (χ4n) is 4.80. The first-order valence-electron chi connectivity index (χ1n) is 12.1. The van der Waals surface area contributed by atoms with Crippen LogP contribution in [0.3, 0.4) is 0 Å². The standard InChI is InChI=1S/C27H31FN2O5.CH4O/c1-14-17-9-8-10-34-23(17)20(28)12-18(14)22-19-11-16(13-31)30(6)25(19)29-15(2)21(22)24(26(32)33-7)35-27(3,4)5;1-2/h11-13,24H,8-10H2,1-7H3;2H,1H3/t24-;/m0./s1. The van der Waals surface area contributed by atoms with Crippen molar-refractivity contribution in [2.45, 2.75) is 59.2 Å². The maximum atomic E-state index is 15.4. The second-order valence-electron chi connectivity index (χ2n) is 9.89. The lowest BCUT2D eigenvalue weighted by Gasteiger charge is -2.29. The predicted octanol–water partition coefficient (Wildman–Crippen LogP) is 4.77. The van der Waals surface area contributed by atoms with E-state index in [2.05, 4.69) is 0 Å². The molecule has 0 amide bonds. The molecule has 1 N–H and O–H groups in total. The SMILES string of the molecule is CO.COC(=O)[C@@H](OC(C)(C)C)c1c(C)nc2c(cc(C=O)n2C)c1-c1cc(F)c2c(c1C)CCCO2. The minimum atomic E-state index is -1.11. The molecule has 3 heterocycles. The van der Waals surface area contributed by atoms with Gasteiger partial charge in [-0.15, -0.1) is 0 Å². The van der Waals surface area contributed by atoms with Gasteiger partial charge < -0.3 is 23.9 Å². The zero-order chi connectivity index (χ0) is 27.7. The molecule has 1 aliphatic rings. The molecule has 0 saturated heterocycles. The van der Waals surface area contributed by atoms with Gasteiger partial charge in [-0.05, 0) is 70.7 Å². The van der Waals surface area contributed by atoms with E-state index in [0.717, 1.165) is 30.9 Å². The van der Waals surface area contributed by atoms with Gasteiger partial charge in [-0.2, -0.15) is 0 Å². The van der Waals surface area contributed by atoms with Crippen LogP contribution in [0.15, 0.2) is 12.1 Å². The van der Waals surface area contributed by atoms with Gasteiger partial charge in [0.15, 0.2) is 24.0 Å². The first kappa shape index (κ1) is 28.3. The fourth-order valence-corrected chi connectivity index (χ4v) is 4.80. The molecule has 1 atom stereocenters. The molecule has 8 nitrogen and oxygen atoms in total. The van der Waals surface area contributed by atoms with Crippen LogP contribution < -0.4 is 4.74 Å². The van der Waals surface area contributed by atoms with Crippen molar-refractivity contribution in [1.29, 1.82) is 0 Å². The highest BCUT2D eigenvalue weighted by Crippen LogP contribution is 2.44. The van der Waals surface area contributed by atoms with Crippen molar-refractivity contribution in [3.8, 4) is 16.9 Å². The Morgan fingerprint density at radius 1 is 1.27 bits per heavy atom. The molecule has 4 rings (SSSR count). The van der Waals surface area contributed by atoms with E-state index in [-0.39, 0.29) is 5.75 Å². The highest BCUT2D eigenvalue weighted by Gasteiger charge is 2.35. The number of halogens is 1. The Morgan fingerprint density at radius 2 is 1.95 bits per heavy atom. The molecule has 9 heteroatoms. The van der Waals surface area contributed by atoms with Crippen LogP contribution in [-0.4, -0.2) is 53.3 Å². The monoisotopic (exact) mass is 514 g/mol. The second-order valence-corrected chi connectivity index (χ2v) is 9.89. The van der Waals surface area contributed by atoms with E-state index in [0.29, 0.717) is 52.1 Å². The summed E-state index contributed by atoms with van der Waals surface area (Å²) in [5, 5.41) is 7.63. The van der Waals surface area contributed by atoms with Gasteiger partial charge in [0.05, 0.1) is 25.0 Å². The number of ether oxygens (including phenoxy) is 3. The molecule has 200 valence electrons. The Labute approximate surface area is 216 Å². The zero-order valence-corrected chi connectivity index (χ0v) is 22.7. The number of rotatable bonds is 5. The summed E-state index contributed by atoms with van der Waals surface area (Å²) in [5.41, 5.74) is 4.15. The maximum Gasteiger partial charge on any atom is 0.339 e. The summed E-state index contributed by atoms with van der Waals surface area (Å²) in [6.07, 6.45) is 1.11. The molecule has 0 unspecified atom stereocenters. The predicted molar refractivity (Wildman–Crippen MR) is 139 cm³/mol. The lowest BCUT2D eigenvalue weighted by atomic mass is 9.86. The molecule has 0 fully saturated rings. The van der Waals surface area contributed by atoms with Crippen LogP contribution in [0, 0.1) is 19.7 Å². The van der Waals surface area contributed by atoms with Crippen LogP contribution in [0.4, 0.5) is 4.39 Å². The number of aliphatic hydroxyl groups excluding tert-OH is 1. The summed E-state index contributed by atoms with van der Waals surface area (Å²) in [7, 11) is 4.05. The molecule has 1 aromatic carbocycles. The number of aryl methyl sites for hydroxylation is 2. The average molecular weight is 515 g/mol. The Balaban J connectivity index is 0.00000186. The Morgan fingerprint density at radius 3 is 2.54 bits per heavy atom. The van der Waals surface area contributed by atoms with Crippen molar-refractivity contribution >= 4 is 23.3 Å². The third-order valence-electron chi connectivity index (χ3n) is 6.42. The van der Waals surface area contributed by atoms with Crippen molar-refractivity contribution in [3.63, 3.8) is 0 Å². The van der Waals surface area contributed by atoms with E-state index in [1.54, 1.807) is 24.6 Å². The third-order valence-corrected chi connectivity index (χ3v) is 6.42. The Kier molecular flexibility index (Phi) is 8.39. The van der Waals surface area contributed by atoms with Crippen molar-refractivity contribution in [3.05, 3.63) is 46.0 Å². The number of esters is 1. The largest absolute Gasteiger partial charge is 0.490 e. The number of carbonyl (C=O) groups excluding carboxylic acids is 2. The van der Waals surface area contributed by atoms with Crippen LogP contribution >= 0.6 is 0 Å². The fraction of sp³-hybridized carbons (Fsp3) is 0.464. The van der Waals surface area contributed by atoms with Crippen LogP contribution in [0.2, 0.25) is 0 Å². The number of benzene rings is 1. The van der Waals surface area contributed by atoms with Crippen molar-refractivity contribution < 1.29 is 33.3 Å². The van der Waals surface area contributed by atoms with E-state index < -0.39 is 23.5 Å². The van der Waals surface area contributed by atoms with E-state index in [9.17, 15) is 9.59 Å². The van der Waals surface area contributed by atoms with Crippen molar-refractivity contribution in [2.24, 2.45) is 7.05 Å². The average Bonchev–Trinajstić information content (AvgIpc) is 3.19. The molecule has 3 aromatic rings. The number of methoxy groups -OCH3 is 1. The number of aliphatic hydroxyl groups is 1. The number of carbonyl (C=O) groups is 2. The number of aromatic nitrogens is 2. The molecule has 0 spiro atoms. The number of hydrogen-bond acceptors (Lipinski definition) is 7. The van der Waals surface area contributed by atoms with E-state index in [1.807, 2.05) is 27.7 Å².